The van der Waals surface area contributed by atoms with E-state index in [9.17, 15) is 4.79 Å². The Labute approximate surface area is 158 Å². The van der Waals surface area contributed by atoms with Crippen LogP contribution in [-0.4, -0.2) is 39.2 Å². The van der Waals surface area contributed by atoms with Gasteiger partial charge < -0.3 is 10.2 Å². The van der Waals surface area contributed by atoms with Crippen molar-refractivity contribution in [2.24, 2.45) is 5.92 Å². The first-order valence-electron chi connectivity index (χ1n) is 9.35. The lowest BCUT2D eigenvalue weighted by atomic mass is 9.93. The molecule has 0 spiro atoms. The zero-order valence-corrected chi connectivity index (χ0v) is 15.1. The zero-order valence-electron chi connectivity index (χ0n) is 15.1. The molecule has 1 saturated heterocycles. The number of hydrogen-bond donors (Lipinski definition) is 2. The number of para-hydroxylation sites is 1. The van der Waals surface area contributed by atoms with Crippen LogP contribution in [0, 0.1) is 5.92 Å². The lowest BCUT2D eigenvalue weighted by Gasteiger charge is -2.31. The van der Waals surface area contributed by atoms with Crippen LogP contribution >= 0.6 is 0 Å². The molecule has 1 aliphatic heterocycles. The van der Waals surface area contributed by atoms with Crippen molar-refractivity contribution < 1.29 is 4.79 Å². The van der Waals surface area contributed by atoms with Gasteiger partial charge >= 0.3 is 6.03 Å². The van der Waals surface area contributed by atoms with Gasteiger partial charge in [-0.05, 0) is 30.9 Å². The summed E-state index contributed by atoms with van der Waals surface area (Å²) in [6.45, 7) is 1.53. The van der Waals surface area contributed by atoms with Crippen molar-refractivity contribution in [2.75, 3.05) is 18.4 Å². The highest BCUT2D eigenvalue weighted by Gasteiger charge is 2.24. The number of carbonyl (C=O) groups excluding carboxylic acids is 1. The third kappa shape index (κ3) is 4.34. The van der Waals surface area contributed by atoms with Crippen molar-refractivity contribution in [2.45, 2.75) is 19.3 Å². The number of nitrogens with one attached hydrogen (secondary N) is 2. The molecule has 3 aromatic rings. The fourth-order valence-corrected chi connectivity index (χ4v) is 3.44. The molecule has 1 aliphatic rings. The molecule has 0 saturated carbocycles. The number of urea groups is 1. The van der Waals surface area contributed by atoms with Crippen LogP contribution in [0.4, 0.5) is 10.5 Å². The quantitative estimate of drug-likeness (QED) is 0.739. The topological polar surface area (TPSA) is 73.9 Å². The van der Waals surface area contributed by atoms with Crippen molar-refractivity contribution in [1.29, 1.82) is 0 Å². The summed E-state index contributed by atoms with van der Waals surface area (Å²) in [5.41, 5.74) is 1.85. The van der Waals surface area contributed by atoms with E-state index in [-0.39, 0.29) is 6.03 Å². The largest absolute Gasteiger partial charge is 0.325 e. The van der Waals surface area contributed by atoms with E-state index in [1.54, 1.807) is 0 Å². The molecule has 2 amide bonds. The average Bonchev–Trinajstić information content (AvgIpc) is 3.18. The molecule has 0 bridgehead atoms. The number of rotatable bonds is 4. The summed E-state index contributed by atoms with van der Waals surface area (Å²) in [4.78, 5) is 18.9. The normalized spacial score (nSPS) is 14.9. The van der Waals surface area contributed by atoms with Crippen molar-refractivity contribution in [1.82, 2.24) is 20.1 Å². The van der Waals surface area contributed by atoms with Crippen LogP contribution < -0.4 is 5.32 Å². The van der Waals surface area contributed by atoms with E-state index in [1.807, 2.05) is 65.6 Å². The summed E-state index contributed by atoms with van der Waals surface area (Å²) >= 11 is 0. The van der Waals surface area contributed by atoms with Crippen LogP contribution in [0.2, 0.25) is 0 Å². The molecule has 0 radical (unpaired) electrons. The fourth-order valence-electron chi connectivity index (χ4n) is 3.44. The fraction of sp³-hybridized carbons (Fsp3) is 0.286. The second-order valence-electron chi connectivity index (χ2n) is 6.90. The number of carbonyl (C=O) groups is 1. The summed E-state index contributed by atoms with van der Waals surface area (Å²) in [7, 11) is 0. The summed E-state index contributed by atoms with van der Waals surface area (Å²) in [6.07, 6.45) is 2.82. The van der Waals surface area contributed by atoms with Crippen LogP contribution in [-0.2, 0) is 6.42 Å². The van der Waals surface area contributed by atoms with Gasteiger partial charge in [0.05, 0.1) is 0 Å². The first-order valence-corrected chi connectivity index (χ1v) is 9.35. The summed E-state index contributed by atoms with van der Waals surface area (Å²) in [5.74, 6) is 2.17. The summed E-state index contributed by atoms with van der Waals surface area (Å²) < 4.78 is 0. The van der Waals surface area contributed by atoms with Crippen molar-refractivity contribution >= 4 is 11.7 Å². The highest BCUT2D eigenvalue weighted by atomic mass is 16.2. The predicted octanol–water partition coefficient (Wildman–Crippen LogP) is 3.96. The predicted molar refractivity (Wildman–Crippen MR) is 105 cm³/mol. The minimum absolute atomic E-state index is 0.0225. The molecule has 2 N–H and O–H groups in total. The standard InChI is InChI=1S/C21H23N5O/c27-21(22-18-9-5-2-6-10-18)26-13-11-16(12-14-26)15-19-23-20(25-24-19)17-7-3-1-4-8-17/h1-10,16H,11-15H2,(H,22,27)(H,23,24,25). The molecule has 1 aromatic heterocycles. The number of benzene rings is 2. The lowest BCUT2D eigenvalue weighted by molar-refractivity contribution is 0.182. The van der Waals surface area contributed by atoms with E-state index in [0.717, 1.165) is 55.3 Å². The van der Waals surface area contributed by atoms with E-state index in [4.69, 9.17) is 0 Å². The van der Waals surface area contributed by atoms with Crippen LogP contribution in [0.1, 0.15) is 18.7 Å². The number of piperidine rings is 1. The summed E-state index contributed by atoms with van der Waals surface area (Å²) in [5, 5.41) is 10.4. The van der Waals surface area contributed by atoms with Gasteiger partial charge in [0.1, 0.15) is 5.82 Å². The zero-order chi connectivity index (χ0) is 18.5. The molecule has 6 heteroatoms. The Hall–Kier alpha value is -3.15. The number of aromatic amines is 1. The van der Waals surface area contributed by atoms with Gasteiger partial charge in [-0.25, -0.2) is 9.78 Å². The molecule has 4 rings (SSSR count). The van der Waals surface area contributed by atoms with Crippen LogP contribution in [0.25, 0.3) is 11.4 Å². The van der Waals surface area contributed by atoms with Crippen molar-refractivity contribution in [3.63, 3.8) is 0 Å². The smallest absolute Gasteiger partial charge is 0.321 e. The second-order valence-corrected chi connectivity index (χ2v) is 6.90. The van der Waals surface area contributed by atoms with Crippen molar-refractivity contribution in [3.05, 3.63) is 66.5 Å². The van der Waals surface area contributed by atoms with Crippen molar-refractivity contribution in [3.8, 4) is 11.4 Å². The Balaban J connectivity index is 1.28. The SMILES string of the molecule is O=C(Nc1ccccc1)N1CCC(Cc2nc(-c3ccccc3)n[nH]2)CC1. The van der Waals surface area contributed by atoms with Crippen LogP contribution in [0.5, 0.6) is 0 Å². The Kier molecular flexibility index (Phi) is 5.14. The Morgan fingerprint density at radius 2 is 1.70 bits per heavy atom. The number of hydrogen-bond acceptors (Lipinski definition) is 3. The van der Waals surface area contributed by atoms with Gasteiger partial charge in [-0.1, -0.05) is 48.5 Å². The maximum Gasteiger partial charge on any atom is 0.321 e. The van der Waals surface area contributed by atoms with Gasteiger partial charge in [-0.2, -0.15) is 5.10 Å². The number of nitrogens with zero attached hydrogens (tertiary/aromatic N) is 3. The van der Waals surface area contributed by atoms with E-state index in [0.29, 0.717) is 5.92 Å². The molecule has 138 valence electrons. The van der Waals surface area contributed by atoms with Crippen LogP contribution in [0.3, 0.4) is 0 Å². The first kappa shape index (κ1) is 17.3. The van der Waals surface area contributed by atoms with Crippen LogP contribution in [0.15, 0.2) is 60.7 Å². The molecular weight excluding hydrogens is 338 g/mol. The molecular formula is C21H23N5O. The molecule has 0 aliphatic carbocycles. The van der Waals surface area contributed by atoms with Gasteiger partial charge in [0.2, 0.25) is 0 Å². The number of aromatic nitrogens is 3. The second kappa shape index (κ2) is 8.03. The van der Waals surface area contributed by atoms with Gasteiger partial charge in [0.15, 0.2) is 5.82 Å². The van der Waals surface area contributed by atoms with E-state index in [1.165, 1.54) is 0 Å². The average molecular weight is 361 g/mol. The summed E-state index contributed by atoms with van der Waals surface area (Å²) in [6, 6.07) is 19.5. The number of likely N-dealkylation sites (tertiary alicyclic amines) is 1. The Morgan fingerprint density at radius 3 is 2.41 bits per heavy atom. The maximum atomic E-state index is 12.4. The maximum absolute atomic E-state index is 12.4. The van der Waals surface area contributed by atoms with Gasteiger partial charge in [0, 0.05) is 30.8 Å². The Bertz CT molecular complexity index is 870. The highest BCUT2D eigenvalue weighted by Crippen LogP contribution is 2.22. The van der Waals surface area contributed by atoms with Gasteiger partial charge in [-0.15, -0.1) is 0 Å². The number of anilines is 1. The molecule has 2 heterocycles. The molecule has 0 unspecified atom stereocenters. The number of amides is 2. The third-order valence-corrected chi connectivity index (χ3v) is 4.97. The minimum atomic E-state index is -0.0225. The van der Waals surface area contributed by atoms with E-state index < -0.39 is 0 Å². The molecule has 0 atom stereocenters. The minimum Gasteiger partial charge on any atom is -0.325 e. The molecule has 27 heavy (non-hydrogen) atoms. The molecule has 1 fully saturated rings. The molecule has 2 aromatic carbocycles. The first-order chi connectivity index (χ1) is 13.3. The number of H-pyrrole nitrogens is 1. The van der Waals surface area contributed by atoms with E-state index >= 15 is 0 Å². The highest BCUT2D eigenvalue weighted by molar-refractivity contribution is 5.89. The third-order valence-electron chi connectivity index (χ3n) is 4.97. The monoisotopic (exact) mass is 361 g/mol. The van der Waals surface area contributed by atoms with E-state index in [2.05, 4.69) is 20.5 Å². The lowest BCUT2D eigenvalue weighted by Crippen LogP contribution is -2.41. The molecule has 6 nitrogen and oxygen atoms in total. The van der Waals surface area contributed by atoms with Gasteiger partial charge in [-0.3, -0.25) is 5.10 Å². The van der Waals surface area contributed by atoms with Gasteiger partial charge in [0.25, 0.3) is 0 Å². The Morgan fingerprint density at radius 1 is 1.04 bits per heavy atom.